The van der Waals surface area contributed by atoms with E-state index < -0.39 is 28.4 Å². The summed E-state index contributed by atoms with van der Waals surface area (Å²) in [6, 6.07) is 2.47. The third kappa shape index (κ3) is 4.29. The number of halogens is 1. The van der Waals surface area contributed by atoms with Gasteiger partial charge in [-0.15, -0.1) is 0 Å². The third-order valence-electron chi connectivity index (χ3n) is 2.47. The van der Waals surface area contributed by atoms with E-state index in [4.69, 9.17) is 5.73 Å². The number of nitro groups is 1. The number of nitrogens with two attached hydrogens (primary N) is 1. The number of benzene rings is 1. The van der Waals surface area contributed by atoms with E-state index in [2.05, 4.69) is 5.32 Å². The summed E-state index contributed by atoms with van der Waals surface area (Å²) in [5, 5.41) is 12.9. The average Bonchev–Trinajstić information content (AvgIpc) is 2.27. The maximum Gasteiger partial charge on any atom is 0.304 e. The Kier molecular flexibility index (Phi) is 4.94. The van der Waals surface area contributed by atoms with Crippen LogP contribution in [0.25, 0.3) is 0 Å². The van der Waals surface area contributed by atoms with Crippen molar-refractivity contribution in [3.05, 3.63) is 34.1 Å². The molecule has 0 fully saturated rings. The first kappa shape index (κ1) is 15.0. The number of carbonyl (C=O) groups excluding carboxylic acids is 1. The number of anilines is 1. The van der Waals surface area contributed by atoms with E-state index >= 15 is 0 Å². The molecule has 1 amide bonds. The smallest absolute Gasteiger partial charge is 0.304 e. The predicted molar refractivity (Wildman–Crippen MR) is 69.1 cm³/mol. The molecule has 0 saturated heterocycles. The first-order chi connectivity index (χ1) is 8.81. The highest BCUT2D eigenvalue weighted by Gasteiger charge is 2.18. The van der Waals surface area contributed by atoms with Gasteiger partial charge in [0.15, 0.2) is 0 Å². The molecule has 0 radical (unpaired) electrons. The third-order valence-corrected chi connectivity index (χ3v) is 2.47. The summed E-state index contributed by atoms with van der Waals surface area (Å²) in [5.41, 5.74) is 5.18. The first-order valence-corrected chi connectivity index (χ1v) is 5.81. The van der Waals surface area contributed by atoms with Crippen LogP contribution in [0.5, 0.6) is 0 Å². The summed E-state index contributed by atoms with van der Waals surface area (Å²) in [5.74, 6) is -1.18. The molecular formula is C12H16FN3O3. The Morgan fingerprint density at radius 2 is 2.16 bits per heavy atom. The standard InChI is InChI=1S/C12H16FN3O3/c1-7(2)5-10(14)12(17)15-8-3-4-11(16(18)19)9(13)6-8/h3-4,6-7,10H,5,14H2,1-2H3,(H,15,17)/t10-/m0/s1. The van der Waals surface area contributed by atoms with Gasteiger partial charge in [-0.2, -0.15) is 4.39 Å². The molecule has 0 saturated carbocycles. The Hall–Kier alpha value is -2.02. The van der Waals surface area contributed by atoms with Crippen LogP contribution < -0.4 is 11.1 Å². The molecule has 0 spiro atoms. The molecule has 3 N–H and O–H groups in total. The molecule has 0 heterocycles. The van der Waals surface area contributed by atoms with Gasteiger partial charge in [-0.3, -0.25) is 14.9 Å². The Morgan fingerprint density at radius 1 is 1.53 bits per heavy atom. The molecule has 0 aliphatic heterocycles. The van der Waals surface area contributed by atoms with Gasteiger partial charge in [0.2, 0.25) is 11.7 Å². The average molecular weight is 269 g/mol. The minimum Gasteiger partial charge on any atom is -0.325 e. The van der Waals surface area contributed by atoms with Crippen LogP contribution >= 0.6 is 0 Å². The van der Waals surface area contributed by atoms with Gasteiger partial charge < -0.3 is 11.1 Å². The van der Waals surface area contributed by atoms with Gasteiger partial charge in [-0.05, 0) is 18.4 Å². The summed E-state index contributed by atoms with van der Waals surface area (Å²) in [7, 11) is 0. The lowest BCUT2D eigenvalue weighted by molar-refractivity contribution is -0.387. The van der Waals surface area contributed by atoms with Crippen molar-refractivity contribution in [1.29, 1.82) is 0 Å². The van der Waals surface area contributed by atoms with Crippen LogP contribution in [0.4, 0.5) is 15.8 Å². The van der Waals surface area contributed by atoms with Crippen molar-refractivity contribution in [3.63, 3.8) is 0 Å². The number of hydrogen-bond donors (Lipinski definition) is 2. The van der Waals surface area contributed by atoms with Crippen molar-refractivity contribution < 1.29 is 14.1 Å². The second-order valence-corrected chi connectivity index (χ2v) is 4.65. The lowest BCUT2D eigenvalue weighted by atomic mass is 10.0. The number of carbonyl (C=O) groups is 1. The number of hydrogen-bond acceptors (Lipinski definition) is 4. The van der Waals surface area contributed by atoms with E-state index in [0.717, 1.165) is 12.1 Å². The lowest BCUT2D eigenvalue weighted by Crippen LogP contribution is -2.36. The zero-order chi connectivity index (χ0) is 14.6. The van der Waals surface area contributed by atoms with E-state index in [9.17, 15) is 19.3 Å². The molecule has 1 atom stereocenters. The Morgan fingerprint density at radius 3 is 2.63 bits per heavy atom. The van der Waals surface area contributed by atoms with E-state index in [1.54, 1.807) is 0 Å². The largest absolute Gasteiger partial charge is 0.325 e. The van der Waals surface area contributed by atoms with Crippen molar-refractivity contribution in [2.75, 3.05) is 5.32 Å². The van der Waals surface area contributed by atoms with Gasteiger partial charge in [-0.1, -0.05) is 13.8 Å². The Balaban J connectivity index is 2.75. The zero-order valence-electron chi connectivity index (χ0n) is 10.7. The normalized spacial score (nSPS) is 12.3. The van der Waals surface area contributed by atoms with Crippen LogP contribution in [0.15, 0.2) is 18.2 Å². The van der Waals surface area contributed by atoms with Crippen LogP contribution in [-0.4, -0.2) is 16.9 Å². The lowest BCUT2D eigenvalue weighted by Gasteiger charge is -2.14. The Labute approximate surface area is 109 Å². The quantitative estimate of drug-likeness (QED) is 0.631. The van der Waals surface area contributed by atoms with E-state index in [-0.39, 0.29) is 11.6 Å². The van der Waals surface area contributed by atoms with Crippen molar-refractivity contribution in [2.24, 2.45) is 11.7 Å². The SMILES string of the molecule is CC(C)C[C@H](N)C(=O)Nc1ccc([N+](=O)[O-])c(F)c1. The molecule has 19 heavy (non-hydrogen) atoms. The van der Waals surface area contributed by atoms with Crippen molar-refractivity contribution in [3.8, 4) is 0 Å². The molecule has 7 heteroatoms. The van der Waals surface area contributed by atoms with Crippen LogP contribution in [0, 0.1) is 21.8 Å². The summed E-state index contributed by atoms with van der Waals surface area (Å²) >= 11 is 0. The fourth-order valence-electron chi connectivity index (χ4n) is 1.58. The zero-order valence-corrected chi connectivity index (χ0v) is 10.7. The van der Waals surface area contributed by atoms with E-state index in [1.807, 2.05) is 13.8 Å². The van der Waals surface area contributed by atoms with Crippen LogP contribution in [0.1, 0.15) is 20.3 Å². The van der Waals surface area contributed by atoms with Crippen molar-refractivity contribution in [1.82, 2.24) is 0 Å². The summed E-state index contributed by atoms with van der Waals surface area (Å²) in [4.78, 5) is 21.3. The van der Waals surface area contributed by atoms with Crippen LogP contribution in [-0.2, 0) is 4.79 Å². The van der Waals surface area contributed by atoms with Crippen LogP contribution in [0.2, 0.25) is 0 Å². The maximum absolute atomic E-state index is 13.3. The van der Waals surface area contributed by atoms with Gasteiger partial charge in [0.05, 0.1) is 11.0 Å². The maximum atomic E-state index is 13.3. The molecule has 0 unspecified atom stereocenters. The second kappa shape index (κ2) is 6.24. The topological polar surface area (TPSA) is 98.3 Å². The molecule has 1 aromatic carbocycles. The van der Waals surface area contributed by atoms with Gasteiger partial charge in [0, 0.05) is 17.8 Å². The minimum atomic E-state index is -1.000. The number of rotatable bonds is 5. The highest BCUT2D eigenvalue weighted by Crippen LogP contribution is 2.21. The van der Waals surface area contributed by atoms with E-state index in [0.29, 0.717) is 6.42 Å². The monoisotopic (exact) mass is 269 g/mol. The van der Waals surface area contributed by atoms with Gasteiger partial charge in [-0.25, -0.2) is 0 Å². The minimum absolute atomic E-state index is 0.146. The molecule has 104 valence electrons. The summed E-state index contributed by atoms with van der Waals surface area (Å²) in [6.45, 7) is 3.86. The number of nitrogens with one attached hydrogen (secondary N) is 1. The van der Waals surface area contributed by atoms with Crippen molar-refractivity contribution in [2.45, 2.75) is 26.3 Å². The molecule has 6 nitrogen and oxygen atoms in total. The fraction of sp³-hybridized carbons (Fsp3) is 0.417. The molecule has 0 aliphatic rings. The van der Waals surface area contributed by atoms with Gasteiger partial charge >= 0.3 is 5.69 Å². The van der Waals surface area contributed by atoms with Gasteiger partial charge in [0.1, 0.15) is 0 Å². The number of nitrogens with zero attached hydrogens (tertiary/aromatic N) is 1. The van der Waals surface area contributed by atoms with Gasteiger partial charge in [0.25, 0.3) is 0 Å². The summed E-state index contributed by atoms with van der Waals surface area (Å²) in [6.07, 6.45) is 0.501. The summed E-state index contributed by atoms with van der Waals surface area (Å²) < 4.78 is 13.3. The predicted octanol–water partition coefficient (Wildman–Crippen LogP) is 2.05. The molecule has 0 aliphatic carbocycles. The number of amides is 1. The first-order valence-electron chi connectivity index (χ1n) is 5.81. The second-order valence-electron chi connectivity index (χ2n) is 4.65. The fourth-order valence-corrected chi connectivity index (χ4v) is 1.58. The molecule has 1 aromatic rings. The Bertz CT molecular complexity index is 491. The highest BCUT2D eigenvalue weighted by molar-refractivity contribution is 5.94. The molecule has 0 bridgehead atoms. The molecule has 1 rings (SSSR count). The van der Waals surface area contributed by atoms with Crippen molar-refractivity contribution >= 4 is 17.3 Å². The highest BCUT2D eigenvalue weighted by atomic mass is 19.1. The number of nitro benzene ring substituents is 1. The van der Waals surface area contributed by atoms with E-state index in [1.165, 1.54) is 6.07 Å². The molecular weight excluding hydrogens is 253 g/mol. The van der Waals surface area contributed by atoms with Crippen LogP contribution in [0.3, 0.4) is 0 Å². The molecule has 0 aromatic heterocycles.